The third kappa shape index (κ3) is 3.92. The van der Waals surface area contributed by atoms with Crippen LogP contribution in [0, 0.1) is 5.92 Å². The van der Waals surface area contributed by atoms with E-state index in [1.165, 1.54) is 5.56 Å². The van der Waals surface area contributed by atoms with Crippen molar-refractivity contribution in [1.29, 1.82) is 0 Å². The van der Waals surface area contributed by atoms with Crippen molar-refractivity contribution in [1.82, 2.24) is 4.90 Å². The predicted octanol–water partition coefficient (Wildman–Crippen LogP) is 4.14. The maximum Gasteiger partial charge on any atom is 0.223 e. The molecule has 1 aliphatic heterocycles. The van der Waals surface area contributed by atoms with Gasteiger partial charge in [-0.25, -0.2) is 0 Å². The monoisotopic (exact) mass is 331 g/mol. The maximum absolute atomic E-state index is 12.7. The number of hydrogen-bond donors (Lipinski definition) is 0. The molecule has 24 heavy (non-hydrogen) atoms. The van der Waals surface area contributed by atoms with Crippen molar-refractivity contribution in [3.63, 3.8) is 0 Å². The minimum atomic E-state index is 0.0331. The van der Waals surface area contributed by atoms with Crippen LogP contribution in [0.4, 0.5) is 0 Å². The predicted molar refractivity (Wildman–Crippen MR) is 96.6 cm³/mol. The molecule has 0 aromatic heterocycles. The van der Waals surface area contributed by atoms with Gasteiger partial charge >= 0.3 is 0 Å². The fraction of sp³-hybridized carbons (Fsp3) is 0.550. The van der Waals surface area contributed by atoms with Crippen molar-refractivity contribution in [3.8, 4) is 11.5 Å². The largest absolute Gasteiger partial charge is 0.493 e. The first kappa shape index (κ1) is 18.4. The summed E-state index contributed by atoms with van der Waals surface area (Å²) in [5, 5.41) is 0. The molecule has 0 radical (unpaired) electrons. The average Bonchev–Trinajstić information content (AvgIpc) is 2.58. The molecule has 0 saturated heterocycles. The highest BCUT2D eigenvalue weighted by Gasteiger charge is 2.31. The number of amides is 1. The van der Waals surface area contributed by atoms with Crippen LogP contribution in [-0.4, -0.2) is 31.6 Å². The quantitative estimate of drug-likeness (QED) is 0.705. The first-order valence-electron chi connectivity index (χ1n) is 8.67. The van der Waals surface area contributed by atoms with Crippen LogP contribution in [-0.2, 0) is 11.2 Å². The molecule has 1 atom stereocenters. The van der Waals surface area contributed by atoms with E-state index in [9.17, 15) is 4.79 Å². The minimum Gasteiger partial charge on any atom is -0.493 e. The van der Waals surface area contributed by atoms with E-state index in [-0.39, 0.29) is 11.9 Å². The molecule has 132 valence electrons. The van der Waals surface area contributed by atoms with Gasteiger partial charge in [-0.3, -0.25) is 4.79 Å². The van der Waals surface area contributed by atoms with Crippen LogP contribution >= 0.6 is 0 Å². The van der Waals surface area contributed by atoms with Crippen LogP contribution in [0.1, 0.15) is 50.3 Å². The molecular formula is C20H29NO3. The molecule has 0 spiro atoms. The standard InChI is InChI=1S/C20H29NO3/c1-6-7-17-16-13-19(24-5)18(23-4)12-15(16)10-11-21(17)20(22)9-8-14(2)3/h6,12-14,17H,1,7-11H2,2-5H3/t17-/m1/s1. The van der Waals surface area contributed by atoms with Crippen LogP contribution in [0.5, 0.6) is 11.5 Å². The van der Waals surface area contributed by atoms with Crippen molar-refractivity contribution < 1.29 is 14.3 Å². The number of carbonyl (C=O) groups is 1. The summed E-state index contributed by atoms with van der Waals surface area (Å²) >= 11 is 0. The van der Waals surface area contributed by atoms with E-state index < -0.39 is 0 Å². The van der Waals surface area contributed by atoms with E-state index in [0.29, 0.717) is 18.1 Å². The van der Waals surface area contributed by atoms with Crippen LogP contribution in [0.2, 0.25) is 0 Å². The van der Waals surface area contributed by atoms with E-state index in [4.69, 9.17) is 9.47 Å². The molecule has 0 fully saturated rings. The number of carbonyl (C=O) groups excluding carboxylic acids is 1. The highest BCUT2D eigenvalue weighted by molar-refractivity contribution is 5.77. The lowest BCUT2D eigenvalue weighted by Gasteiger charge is -2.37. The van der Waals surface area contributed by atoms with Gasteiger partial charge in [0.1, 0.15) is 0 Å². The first-order valence-corrected chi connectivity index (χ1v) is 8.67. The Morgan fingerprint density at radius 2 is 2.00 bits per heavy atom. The SMILES string of the molecule is C=CC[C@@H]1c2cc(OC)c(OC)cc2CCN1C(=O)CCC(C)C. The van der Waals surface area contributed by atoms with E-state index in [1.807, 2.05) is 23.1 Å². The van der Waals surface area contributed by atoms with Gasteiger partial charge in [0.25, 0.3) is 0 Å². The normalized spacial score (nSPS) is 16.7. The summed E-state index contributed by atoms with van der Waals surface area (Å²) in [6.45, 7) is 8.93. The summed E-state index contributed by atoms with van der Waals surface area (Å²) in [7, 11) is 3.29. The van der Waals surface area contributed by atoms with E-state index >= 15 is 0 Å². The van der Waals surface area contributed by atoms with Gasteiger partial charge in [0, 0.05) is 13.0 Å². The number of rotatable bonds is 7. The zero-order valence-corrected chi connectivity index (χ0v) is 15.3. The zero-order chi connectivity index (χ0) is 17.7. The first-order chi connectivity index (χ1) is 11.5. The van der Waals surface area contributed by atoms with E-state index in [0.717, 1.165) is 37.1 Å². The fourth-order valence-corrected chi connectivity index (χ4v) is 3.29. The van der Waals surface area contributed by atoms with Crippen LogP contribution in [0.15, 0.2) is 24.8 Å². The lowest BCUT2D eigenvalue weighted by molar-refractivity contribution is -0.134. The van der Waals surface area contributed by atoms with Crippen molar-refractivity contribution in [3.05, 3.63) is 35.9 Å². The Bertz CT molecular complexity index is 595. The zero-order valence-electron chi connectivity index (χ0n) is 15.3. The number of nitrogens with zero attached hydrogens (tertiary/aromatic N) is 1. The molecule has 4 heteroatoms. The third-order valence-corrected chi connectivity index (χ3v) is 4.65. The van der Waals surface area contributed by atoms with Gasteiger partial charge in [-0.05, 0) is 48.4 Å². The fourth-order valence-electron chi connectivity index (χ4n) is 3.29. The molecular weight excluding hydrogens is 302 g/mol. The second-order valence-electron chi connectivity index (χ2n) is 6.72. The topological polar surface area (TPSA) is 38.8 Å². The molecule has 0 unspecified atom stereocenters. The number of hydrogen-bond acceptors (Lipinski definition) is 3. The maximum atomic E-state index is 12.7. The third-order valence-electron chi connectivity index (χ3n) is 4.65. The Labute approximate surface area is 145 Å². The Kier molecular flexibility index (Phi) is 6.29. The number of methoxy groups -OCH3 is 2. The van der Waals surface area contributed by atoms with E-state index in [2.05, 4.69) is 20.4 Å². The van der Waals surface area contributed by atoms with Gasteiger partial charge in [0.2, 0.25) is 5.91 Å². The van der Waals surface area contributed by atoms with Crippen molar-refractivity contribution in [2.45, 2.75) is 45.6 Å². The second-order valence-corrected chi connectivity index (χ2v) is 6.72. The molecule has 0 bridgehead atoms. The van der Waals surface area contributed by atoms with Gasteiger partial charge in [-0.2, -0.15) is 0 Å². The highest BCUT2D eigenvalue weighted by atomic mass is 16.5. The summed E-state index contributed by atoms with van der Waals surface area (Å²) in [6.07, 6.45) is 5.01. The van der Waals surface area contributed by atoms with Gasteiger partial charge in [0.05, 0.1) is 20.3 Å². The minimum absolute atomic E-state index is 0.0331. The van der Waals surface area contributed by atoms with Gasteiger partial charge in [-0.1, -0.05) is 19.9 Å². The van der Waals surface area contributed by atoms with Crippen LogP contribution in [0.3, 0.4) is 0 Å². The summed E-state index contributed by atoms with van der Waals surface area (Å²) in [5.74, 6) is 2.22. The summed E-state index contributed by atoms with van der Waals surface area (Å²) in [5.41, 5.74) is 2.38. The Morgan fingerprint density at radius 1 is 1.33 bits per heavy atom. The van der Waals surface area contributed by atoms with Gasteiger partial charge in [0.15, 0.2) is 11.5 Å². The highest BCUT2D eigenvalue weighted by Crippen LogP contribution is 2.39. The van der Waals surface area contributed by atoms with Crippen LogP contribution < -0.4 is 9.47 Å². The Balaban J connectivity index is 2.33. The number of benzene rings is 1. The summed E-state index contributed by atoms with van der Waals surface area (Å²) in [4.78, 5) is 14.7. The smallest absolute Gasteiger partial charge is 0.223 e. The van der Waals surface area contributed by atoms with Gasteiger partial charge < -0.3 is 14.4 Å². The Morgan fingerprint density at radius 3 is 2.58 bits per heavy atom. The molecule has 0 N–H and O–H groups in total. The lowest BCUT2D eigenvalue weighted by Crippen LogP contribution is -2.40. The van der Waals surface area contributed by atoms with Crippen molar-refractivity contribution in [2.24, 2.45) is 5.92 Å². The second kappa shape index (κ2) is 8.22. The molecule has 2 rings (SSSR count). The van der Waals surface area contributed by atoms with E-state index in [1.54, 1.807) is 14.2 Å². The molecule has 1 heterocycles. The number of ether oxygens (including phenoxy) is 2. The summed E-state index contributed by atoms with van der Waals surface area (Å²) < 4.78 is 10.9. The number of fused-ring (bicyclic) bond motifs is 1. The molecule has 1 amide bonds. The molecule has 1 aromatic carbocycles. The lowest BCUT2D eigenvalue weighted by atomic mass is 9.89. The molecule has 1 aromatic rings. The molecule has 4 nitrogen and oxygen atoms in total. The van der Waals surface area contributed by atoms with Crippen LogP contribution in [0.25, 0.3) is 0 Å². The summed E-state index contributed by atoms with van der Waals surface area (Å²) in [6, 6.07) is 4.09. The molecule has 1 aliphatic rings. The van der Waals surface area contributed by atoms with Crippen molar-refractivity contribution in [2.75, 3.05) is 20.8 Å². The molecule has 0 aliphatic carbocycles. The Hall–Kier alpha value is -1.97. The van der Waals surface area contributed by atoms with Gasteiger partial charge in [-0.15, -0.1) is 6.58 Å². The average molecular weight is 331 g/mol. The van der Waals surface area contributed by atoms with Crippen molar-refractivity contribution >= 4 is 5.91 Å². The molecule has 0 saturated carbocycles.